The fourth-order valence-electron chi connectivity index (χ4n) is 0.927. The van der Waals surface area contributed by atoms with Gasteiger partial charge in [-0.05, 0) is 18.2 Å². The summed E-state index contributed by atoms with van der Waals surface area (Å²) in [7, 11) is -3.30. The van der Waals surface area contributed by atoms with Crippen LogP contribution in [0.25, 0.3) is 0 Å². The zero-order valence-corrected chi connectivity index (χ0v) is 9.68. The monoisotopic (exact) mass is 274 g/mol. The van der Waals surface area contributed by atoms with E-state index >= 15 is 0 Å². The highest BCUT2D eigenvalue weighted by Crippen LogP contribution is 2.19. The molecule has 0 aliphatic carbocycles. The van der Waals surface area contributed by atoms with Gasteiger partial charge < -0.3 is 0 Å². The summed E-state index contributed by atoms with van der Waals surface area (Å²) in [5.74, 6) is 0. The molecule has 0 saturated carbocycles. The van der Waals surface area contributed by atoms with E-state index in [1.54, 1.807) is 12.1 Å². The lowest BCUT2D eigenvalue weighted by Gasteiger charge is -2.04. The van der Waals surface area contributed by atoms with E-state index in [4.69, 9.17) is 5.26 Å². The van der Waals surface area contributed by atoms with Crippen LogP contribution < -0.4 is 4.72 Å². The van der Waals surface area contributed by atoms with E-state index in [1.165, 1.54) is 6.07 Å². The summed E-state index contributed by atoms with van der Waals surface area (Å²) in [6.45, 7) is 0. The van der Waals surface area contributed by atoms with Gasteiger partial charge >= 0.3 is 0 Å². The predicted molar refractivity (Wildman–Crippen MR) is 57.3 cm³/mol. The van der Waals surface area contributed by atoms with Crippen molar-refractivity contribution in [2.75, 3.05) is 11.0 Å². The second kappa shape index (κ2) is 3.98. The standard InChI is InChI=1S/C8H7BrN2O2S/c1-14(12,13)11-8-3-6(5-10)2-7(9)4-8/h2-4,11H,1H3. The third kappa shape index (κ3) is 3.36. The molecule has 0 amide bonds. The molecule has 14 heavy (non-hydrogen) atoms. The maximum Gasteiger partial charge on any atom is 0.229 e. The third-order valence-electron chi connectivity index (χ3n) is 1.33. The van der Waals surface area contributed by atoms with Crippen LogP contribution in [0.15, 0.2) is 22.7 Å². The van der Waals surface area contributed by atoms with Crippen LogP contribution in [-0.2, 0) is 10.0 Å². The van der Waals surface area contributed by atoms with Crippen LogP contribution in [0.4, 0.5) is 5.69 Å². The van der Waals surface area contributed by atoms with Gasteiger partial charge in [-0.1, -0.05) is 15.9 Å². The second-order valence-corrected chi connectivity index (χ2v) is 5.38. The topological polar surface area (TPSA) is 70.0 Å². The molecule has 0 atom stereocenters. The summed E-state index contributed by atoms with van der Waals surface area (Å²) in [6.07, 6.45) is 1.06. The summed E-state index contributed by atoms with van der Waals surface area (Å²) < 4.78 is 24.7. The molecule has 0 spiro atoms. The highest BCUT2D eigenvalue weighted by molar-refractivity contribution is 9.10. The molecule has 0 fully saturated rings. The van der Waals surface area contributed by atoms with Crippen molar-refractivity contribution >= 4 is 31.6 Å². The summed E-state index contributed by atoms with van der Waals surface area (Å²) in [6, 6.07) is 6.58. The summed E-state index contributed by atoms with van der Waals surface area (Å²) in [4.78, 5) is 0. The van der Waals surface area contributed by atoms with E-state index in [2.05, 4.69) is 20.7 Å². The molecule has 0 aliphatic heterocycles. The van der Waals surface area contributed by atoms with Gasteiger partial charge in [0.1, 0.15) is 0 Å². The van der Waals surface area contributed by atoms with Crippen LogP contribution in [0.5, 0.6) is 0 Å². The number of hydrogen-bond donors (Lipinski definition) is 1. The number of benzene rings is 1. The van der Waals surface area contributed by atoms with Crippen molar-refractivity contribution in [3.8, 4) is 6.07 Å². The van der Waals surface area contributed by atoms with Crippen molar-refractivity contribution in [2.24, 2.45) is 0 Å². The maximum atomic E-state index is 10.9. The Labute approximate surface area is 90.7 Å². The number of nitriles is 1. The van der Waals surface area contributed by atoms with Gasteiger partial charge in [0, 0.05) is 4.47 Å². The molecule has 0 aromatic heterocycles. The van der Waals surface area contributed by atoms with Crippen molar-refractivity contribution in [3.63, 3.8) is 0 Å². The fraction of sp³-hybridized carbons (Fsp3) is 0.125. The van der Waals surface area contributed by atoms with E-state index in [9.17, 15) is 8.42 Å². The van der Waals surface area contributed by atoms with Gasteiger partial charge in [0.25, 0.3) is 0 Å². The van der Waals surface area contributed by atoms with Gasteiger partial charge in [0.05, 0.1) is 23.6 Å². The van der Waals surface area contributed by atoms with Crippen LogP contribution in [-0.4, -0.2) is 14.7 Å². The normalized spacial score (nSPS) is 10.6. The van der Waals surface area contributed by atoms with Gasteiger partial charge in [-0.15, -0.1) is 0 Å². The lowest BCUT2D eigenvalue weighted by molar-refractivity contribution is 0.607. The highest BCUT2D eigenvalue weighted by atomic mass is 79.9. The summed E-state index contributed by atoms with van der Waals surface area (Å²) >= 11 is 3.18. The molecule has 4 nitrogen and oxygen atoms in total. The maximum absolute atomic E-state index is 10.9. The molecule has 0 heterocycles. The Kier molecular flexibility index (Phi) is 3.13. The number of hydrogen-bond acceptors (Lipinski definition) is 3. The van der Waals surface area contributed by atoms with E-state index in [0.29, 0.717) is 15.7 Å². The average molecular weight is 275 g/mol. The first kappa shape index (κ1) is 11.0. The largest absolute Gasteiger partial charge is 0.284 e. The number of halogens is 1. The zero-order valence-electron chi connectivity index (χ0n) is 7.28. The Balaban J connectivity index is 3.12. The SMILES string of the molecule is CS(=O)(=O)Nc1cc(Br)cc(C#N)c1. The van der Waals surface area contributed by atoms with Crippen molar-refractivity contribution in [2.45, 2.75) is 0 Å². The molecule has 1 rings (SSSR count). The van der Waals surface area contributed by atoms with Gasteiger partial charge in [-0.3, -0.25) is 4.72 Å². The molecule has 6 heteroatoms. The summed E-state index contributed by atoms with van der Waals surface area (Å²) in [5, 5.41) is 8.64. The highest BCUT2D eigenvalue weighted by Gasteiger charge is 2.03. The molecular weight excluding hydrogens is 268 g/mol. The minimum atomic E-state index is -3.30. The molecule has 1 aromatic rings. The number of rotatable bonds is 2. The van der Waals surface area contributed by atoms with Gasteiger partial charge in [-0.2, -0.15) is 5.26 Å². The molecule has 0 bridgehead atoms. The van der Waals surface area contributed by atoms with Crippen molar-refractivity contribution < 1.29 is 8.42 Å². The van der Waals surface area contributed by atoms with Gasteiger partial charge in [0.2, 0.25) is 10.0 Å². The third-order valence-corrected chi connectivity index (χ3v) is 2.39. The number of nitrogens with zero attached hydrogens (tertiary/aromatic N) is 1. The number of anilines is 1. The molecular formula is C8H7BrN2O2S. The van der Waals surface area contributed by atoms with Crippen LogP contribution in [0.2, 0.25) is 0 Å². The lowest BCUT2D eigenvalue weighted by Crippen LogP contribution is -2.09. The number of nitrogens with one attached hydrogen (secondary N) is 1. The molecule has 0 radical (unpaired) electrons. The Hall–Kier alpha value is -1.06. The molecule has 0 saturated heterocycles. The first-order chi connectivity index (χ1) is 6.40. The molecule has 74 valence electrons. The molecule has 0 unspecified atom stereocenters. The predicted octanol–water partition coefficient (Wildman–Crippen LogP) is 1.69. The molecule has 1 N–H and O–H groups in total. The van der Waals surface area contributed by atoms with Crippen LogP contribution in [0, 0.1) is 11.3 Å². The van der Waals surface area contributed by atoms with Crippen LogP contribution >= 0.6 is 15.9 Å². The van der Waals surface area contributed by atoms with E-state index in [0.717, 1.165) is 6.26 Å². The van der Waals surface area contributed by atoms with Gasteiger partial charge in [0.15, 0.2) is 0 Å². The lowest BCUT2D eigenvalue weighted by atomic mass is 10.2. The van der Waals surface area contributed by atoms with Crippen LogP contribution in [0.1, 0.15) is 5.56 Å². The molecule has 0 aliphatic rings. The minimum Gasteiger partial charge on any atom is -0.284 e. The van der Waals surface area contributed by atoms with Crippen molar-refractivity contribution in [1.29, 1.82) is 5.26 Å². The fourth-order valence-corrected chi connectivity index (χ4v) is 1.97. The Morgan fingerprint density at radius 3 is 2.57 bits per heavy atom. The average Bonchev–Trinajstić information content (AvgIpc) is 1.99. The molecule has 1 aromatic carbocycles. The Bertz CT molecular complexity index is 491. The second-order valence-electron chi connectivity index (χ2n) is 2.71. The number of sulfonamides is 1. The Morgan fingerprint density at radius 1 is 1.43 bits per heavy atom. The smallest absolute Gasteiger partial charge is 0.229 e. The van der Waals surface area contributed by atoms with E-state index in [1.807, 2.05) is 6.07 Å². The van der Waals surface area contributed by atoms with Gasteiger partial charge in [-0.25, -0.2) is 8.42 Å². The zero-order chi connectivity index (χ0) is 10.8. The van der Waals surface area contributed by atoms with Crippen molar-refractivity contribution in [3.05, 3.63) is 28.2 Å². The summed E-state index contributed by atoms with van der Waals surface area (Å²) in [5.41, 5.74) is 0.768. The Morgan fingerprint density at radius 2 is 2.07 bits per heavy atom. The first-order valence-corrected chi connectivity index (χ1v) is 6.27. The van der Waals surface area contributed by atoms with Crippen LogP contribution in [0.3, 0.4) is 0 Å². The van der Waals surface area contributed by atoms with E-state index < -0.39 is 10.0 Å². The minimum absolute atomic E-state index is 0.374. The van der Waals surface area contributed by atoms with E-state index in [-0.39, 0.29) is 0 Å². The first-order valence-electron chi connectivity index (χ1n) is 3.59. The van der Waals surface area contributed by atoms with Crippen molar-refractivity contribution in [1.82, 2.24) is 0 Å². The quantitative estimate of drug-likeness (QED) is 0.892.